The number of nitrogens with one attached hydrogen (secondary N) is 2. The van der Waals surface area contributed by atoms with Crippen molar-refractivity contribution in [3.8, 4) is 0 Å². The average Bonchev–Trinajstić information content (AvgIpc) is 2.94. The maximum absolute atomic E-state index is 12.2. The Morgan fingerprint density at radius 1 is 1.24 bits per heavy atom. The van der Waals surface area contributed by atoms with E-state index in [9.17, 15) is 8.78 Å². The lowest BCUT2D eigenvalue weighted by Gasteiger charge is -2.15. The van der Waals surface area contributed by atoms with Crippen LogP contribution in [0.3, 0.4) is 0 Å². The molecule has 0 saturated heterocycles. The Morgan fingerprint density at radius 2 is 1.95 bits per heavy atom. The lowest BCUT2D eigenvalue weighted by atomic mass is 10.2. The van der Waals surface area contributed by atoms with Crippen LogP contribution in [0.5, 0.6) is 0 Å². The van der Waals surface area contributed by atoms with Crippen LogP contribution in [0.15, 0.2) is 52.0 Å². The fourth-order valence-electron chi connectivity index (χ4n) is 1.69. The van der Waals surface area contributed by atoms with E-state index in [4.69, 9.17) is 16.6 Å². The Hall–Kier alpha value is -1.60. The van der Waals surface area contributed by atoms with Gasteiger partial charge in [0.05, 0.1) is 12.3 Å². The molecule has 1 atom stereocenters. The lowest BCUT2D eigenvalue weighted by Crippen LogP contribution is -2.30. The molecule has 1 heterocycles. The third-order valence-corrected chi connectivity index (χ3v) is 3.60. The number of hydrogen-bond acceptors (Lipinski definition) is 3. The highest BCUT2D eigenvalue weighted by Gasteiger charge is 2.10. The summed E-state index contributed by atoms with van der Waals surface area (Å²) in [5.41, 5.74) is 0.734. The third-order valence-electron chi connectivity index (χ3n) is 2.65. The van der Waals surface area contributed by atoms with Gasteiger partial charge < -0.3 is 15.1 Å². The van der Waals surface area contributed by atoms with Gasteiger partial charge in [-0.3, -0.25) is 0 Å². The highest BCUT2D eigenvalue weighted by atomic mass is 32.2. The minimum Gasteiger partial charge on any atom is -0.467 e. The molecule has 1 aromatic carbocycles. The molecule has 0 bridgehead atoms. The molecule has 0 unspecified atom stereocenters. The van der Waals surface area contributed by atoms with E-state index in [-0.39, 0.29) is 6.04 Å². The molecule has 1 aromatic heterocycles. The summed E-state index contributed by atoms with van der Waals surface area (Å²) < 4.78 is 29.7. The van der Waals surface area contributed by atoms with Crippen molar-refractivity contribution < 1.29 is 13.2 Å². The number of rotatable bonds is 5. The van der Waals surface area contributed by atoms with Gasteiger partial charge in [-0.25, -0.2) is 0 Å². The van der Waals surface area contributed by atoms with Crippen molar-refractivity contribution in [2.24, 2.45) is 0 Å². The van der Waals surface area contributed by atoms with Gasteiger partial charge in [-0.1, -0.05) is 11.8 Å². The van der Waals surface area contributed by atoms with Crippen molar-refractivity contribution in [1.82, 2.24) is 5.32 Å². The van der Waals surface area contributed by atoms with E-state index in [2.05, 4.69) is 10.6 Å². The Balaban J connectivity index is 1.87. The molecule has 112 valence electrons. The topological polar surface area (TPSA) is 37.2 Å². The fourth-order valence-corrected chi connectivity index (χ4v) is 2.49. The second-order valence-electron chi connectivity index (χ2n) is 4.24. The summed E-state index contributed by atoms with van der Waals surface area (Å²) in [6, 6.07) is 10.3. The molecule has 7 heteroatoms. The van der Waals surface area contributed by atoms with Crippen molar-refractivity contribution in [3.05, 3.63) is 48.4 Å². The first-order valence-electron chi connectivity index (χ1n) is 6.20. The number of anilines is 1. The molecule has 0 spiro atoms. The van der Waals surface area contributed by atoms with Gasteiger partial charge in [0.25, 0.3) is 5.76 Å². The van der Waals surface area contributed by atoms with Gasteiger partial charge >= 0.3 is 0 Å². The number of furan rings is 1. The minimum atomic E-state index is -2.42. The summed E-state index contributed by atoms with van der Waals surface area (Å²) in [7, 11) is 0. The maximum Gasteiger partial charge on any atom is 0.288 e. The molecule has 2 aromatic rings. The highest BCUT2D eigenvalue weighted by Crippen LogP contribution is 2.26. The third kappa shape index (κ3) is 5.02. The predicted molar refractivity (Wildman–Crippen MR) is 84.8 cm³/mol. The van der Waals surface area contributed by atoms with E-state index >= 15 is 0 Å². The van der Waals surface area contributed by atoms with Crippen molar-refractivity contribution >= 4 is 34.8 Å². The molecule has 2 N–H and O–H groups in total. The Kier molecular flexibility index (Phi) is 5.58. The maximum atomic E-state index is 12.2. The number of alkyl halides is 2. The first-order valence-corrected chi connectivity index (χ1v) is 7.49. The Morgan fingerprint density at radius 3 is 2.52 bits per heavy atom. The largest absolute Gasteiger partial charge is 0.467 e. The summed E-state index contributed by atoms with van der Waals surface area (Å²) in [4.78, 5) is 0.512. The van der Waals surface area contributed by atoms with Crippen LogP contribution in [0.4, 0.5) is 14.5 Å². The molecule has 21 heavy (non-hydrogen) atoms. The van der Waals surface area contributed by atoms with Crippen molar-refractivity contribution in [3.63, 3.8) is 0 Å². The normalized spacial score (nSPS) is 12.2. The van der Waals surface area contributed by atoms with E-state index < -0.39 is 5.76 Å². The average molecular weight is 328 g/mol. The second-order valence-corrected chi connectivity index (χ2v) is 5.71. The zero-order chi connectivity index (χ0) is 15.2. The molecule has 0 fully saturated rings. The molecule has 0 aliphatic heterocycles. The number of halogens is 2. The van der Waals surface area contributed by atoms with Crippen LogP contribution in [0, 0.1) is 0 Å². The molecule has 2 rings (SSSR count). The SMILES string of the molecule is C[C@@H](NC(=S)Nc1ccc(SC(F)F)cc1)c1ccco1. The second kappa shape index (κ2) is 7.42. The molecule has 0 saturated carbocycles. The molecule has 0 radical (unpaired) electrons. The minimum absolute atomic E-state index is 0.0614. The summed E-state index contributed by atoms with van der Waals surface area (Å²) in [6.45, 7) is 1.93. The van der Waals surface area contributed by atoms with Crippen LogP contribution in [-0.2, 0) is 0 Å². The number of benzene rings is 1. The van der Waals surface area contributed by atoms with Gasteiger partial charge in [-0.15, -0.1) is 0 Å². The highest BCUT2D eigenvalue weighted by molar-refractivity contribution is 7.99. The Labute approximate surface area is 131 Å². The van der Waals surface area contributed by atoms with E-state index in [1.54, 1.807) is 30.5 Å². The van der Waals surface area contributed by atoms with Crippen LogP contribution < -0.4 is 10.6 Å². The van der Waals surface area contributed by atoms with Crippen LogP contribution in [0.2, 0.25) is 0 Å². The van der Waals surface area contributed by atoms with Crippen molar-refractivity contribution in [2.45, 2.75) is 23.6 Å². The smallest absolute Gasteiger partial charge is 0.288 e. The molecule has 0 aliphatic rings. The number of hydrogen-bond donors (Lipinski definition) is 2. The molecular formula is C14H14F2N2OS2. The summed E-state index contributed by atoms with van der Waals surface area (Å²) in [5.74, 6) is -1.64. The van der Waals surface area contributed by atoms with Crippen molar-refractivity contribution in [1.29, 1.82) is 0 Å². The zero-order valence-corrected chi connectivity index (χ0v) is 12.8. The summed E-state index contributed by atoms with van der Waals surface area (Å²) in [5, 5.41) is 6.51. The van der Waals surface area contributed by atoms with E-state index in [0.717, 1.165) is 11.4 Å². The van der Waals surface area contributed by atoms with Crippen LogP contribution in [0.25, 0.3) is 0 Å². The summed E-state index contributed by atoms with van der Waals surface area (Å²) >= 11 is 5.71. The lowest BCUT2D eigenvalue weighted by molar-refractivity contribution is 0.252. The molecular weight excluding hydrogens is 314 g/mol. The molecule has 0 aliphatic carbocycles. The van der Waals surface area contributed by atoms with Gasteiger partial charge in [0.1, 0.15) is 5.76 Å². The Bertz CT molecular complexity index is 573. The fraction of sp³-hybridized carbons (Fsp3) is 0.214. The van der Waals surface area contributed by atoms with Gasteiger partial charge in [0.2, 0.25) is 0 Å². The first kappa shape index (κ1) is 15.8. The first-order chi connectivity index (χ1) is 10.0. The van der Waals surface area contributed by atoms with Crippen LogP contribution in [0.1, 0.15) is 18.7 Å². The summed E-state index contributed by atoms with van der Waals surface area (Å²) in [6.07, 6.45) is 1.60. The van der Waals surface area contributed by atoms with Crippen LogP contribution in [-0.4, -0.2) is 10.9 Å². The van der Waals surface area contributed by atoms with Gasteiger partial charge in [-0.2, -0.15) is 8.78 Å². The van der Waals surface area contributed by atoms with Gasteiger partial charge in [0.15, 0.2) is 5.11 Å². The predicted octanol–water partition coefficient (Wildman–Crippen LogP) is 4.64. The number of thioether (sulfide) groups is 1. The molecule has 0 amide bonds. The zero-order valence-electron chi connectivity index (χ0n) is 11.2. The van der Waals surface area contributed by atoms with E-state index in [1.165, 1.54) is 0 Å². The van der Waals surface area contributed by atoms with E-state index in [1.807, 2.05) is 19.1 Å². The van der Waals surface area contributed by atoms with Gasteiger partial charge in [-0.05, 0) is 55.5 Å². The monoisotopic (exact) mass is 328 g/mol. The standard InChI is InChI=1S/C14H14F2N2OS2/c1-9(12-3-2-8-19-12)17-14(20)18-10-4-6-11(7-5-10)21-13(15)16/h2-9,13H,1H3,(H2,17,18,20)/t9-/m1/s1. The quantitative estimate of drug-likeness (QED) is 0.618. The molecule has 3 nitrogen and oxygen atoms in total. The van der Waals surface area contributed by atoms with Crippen molar-refractivity contribution in [2.75, 3.05) is 5.32 Å². The van der Waals surface area contributed by atoms with E-state index in [0.29, 0.717) is 21.8 Å². The van der Waals surface area contributed by atoms with Crippen LogP contribution >= 0.6 is 24.0 Å². The van der Waals surface area contributed by atoms with Gasteiger partial charge in [0, 0.05) is 10.6 Å². The number of thiocarbonyl (C=S) groups is 1.